The van der Waals surface area contributed by atoms with E-state index in [1.165, 1.54) is 78.9 Å². The van der Waals surface area contributed by atoms with Crippen LogP contribution in [-0.2, 0) is 52.9 Å². The van der Waals surface area contributed by atoms with Gasteiger partial charge in [-0.25, -0.2) is 27.4 Å². The second-order valence-electron chi connectivity index (χ2n) is 12.9. The molecule has 0 fully saturated rings. The molecule has 0 aliphatic rings. The van der Waals surface area contributed by atoms with E-state index in [0.717, 1.165) is 12.1 Å². The Balaban J connectivity index is 1.24. The van der Waals surface area contributed by atoms with Crippen LogP contribution < -0.4 is 21.9 Å². The molecule has 0 amide bonds. The van der Waals surface area contributed by atoms with Gasteiger partial charge in [-0.3, -0.25) is 13.5 Å². The van der Waals surface area contributed by atoms with E-state index in [2.05, 4.69) is 54.2 Å². The highest BCUT2D eigenvalue weighted by atomic mass is 32.2. The fourth-order valence-electron chi connectivity index (χ4n) is 5.56. The first kappa shape index (κ1) is 49.1. The minimum absolute atomic E-state index is 0.0585. The maximum absolute atomic E-state index is 13.2. The second-order valence-corrected chi connectivity index (χ2v) is 19.3. The van der Waals surface area contributed by atoms with Gasteiger partial charge in [0.2, 0.25) is 0 Å². The average molecular weight is 1010 g/mol. The van der Waals surface area contributed by atoms with E-state index in [1.54, 1.807) is 12.1 Å². The van der Waals surface area contributed by atoms with Crippen molar-refractivity contribution < 1.29 is 68.4 Å². The molecule has 25 nitrogen and oxygen atoms in total. The van der Waals surface area contributed by atoms with E-state index >= 15 is 0 Å². The number of sulfonamides is 1. The molecule has 0 aliphatic carbocycles. The number of benzene rings is 6. The lowest BCUT2D eigenvalue weighted by molar-refractivity contribution is -0.434. The fourth-order valence-corrected chi connectivity index (χ4v) is 9.22. The average Bonchev–Trinajstić information content (AvgIpc) is 3.27. The Morgan fingerprint density at radius 1 is 0.652 bits per heavy atom. The molecule has 0 spiro atoms. The zero-order valence-corrected chi connectivity index (χ0v) is 37.0. The molecule has 0 radical (unpaired) electrons. The summed E-state index contributed by atoms with van der Waals surface area (Å²) in [5.74, 6) is -1.30. The Kier molecular flexibility index (Phi) is 15.8. The van der Waals surface area contributed by atoms with Gasteiger partial charge in [0.15, 0.2) is 27.9 Å². The molecule has 6 aromatic rings. The molecular formula is C36H32N10O15S5. The van der Waals surface area contributed by atoms with Crippen molar-refractivity contribution >= 4 is 122 Å². The van der Waals surface area contributed by atoms with Gasteiger partial charge in [-0.2, -0.15) is 23.8 Å². The highest BCUT2D eigenvalue weighted by Crippen LogP contribution is 2.50. The molecule has 30 heteroatoms. The lowest BCUT2D eigenvalue weighted by atomic mass is 10.0. The molecule has 0 aromatic heterocycles. The predicted octanol–water partition coefficient (Wildman–Crippen LogP) is 8.79. The van der Waals surface area contributed by atoms with E-state index < -0.39 is 57.5 Å². The molecule has 0 saturated heterocycles. The standard InChI is InChI=1S/C36H32N10O15S5/c37-20-1-14-29(28(38)17-20)43-40-21-2-4-24(5-3-21)46-65(52,53)26-12-8-22(9-13-26)41-44-30-19-32(66(54,55)56)27-18-31(62-60-58-48)35(36(47)33(27)34(30)39)45-42-23-6-10-25(11-7-23)64(50,51)16-15-57-63-61-59-49/h1-14,17-19,46-49H,15-16,37-39H2,(H,54,55,56)/b43-40+,44-41+,45-42+. The van der Waals surface area contributed by atoms with Gasteiger partial charge in [0.1, 0.15) is 22.0 Å². The zero-order chi connectivity index (χ0) is 47.6. The van der Waals surface area contributed by atoms with E-state index in [9.17, 15) is 34.9 Å². The Labute approximate surface area is 382 Å². The van der Waals surface area contributed by atoms with Crippen molar-refractivity contribution in [3.05, 3.63) is 103 Å². The van der Waals surface area contributed by atoms with Crippen LogP contribution in [0.15, 0.2) is 153 Å². The Hall–Kier alpha value is -6.39. The summed E-state index contributed by atoms with van der Waals surface area (Å²) in [6.07, 6.45) is 0. The summed E-state index contributed by atoms with van der Waals surface area (Å²) in [7, 11) is -13.1. The summed E-state index contributed by atoms with van der Waals surface area (Å²) in [5.41, 5.74) is 18.8. The van der Waals surface area contributed by atoms with Crippen LogP contribution in [0.1, 0.15) is 0 Å². The predicted molar refractivity (Wildman–Crippen MR) is 239 cm³/mol. The van der Waals surface area contributed by atoms with Gasteiger partial charge in [0.05, 0.1) is 72.9 Å². The van der Waals surface area contributed by atoms with Crippen LogP contribution >= 0.6 is 24.4 Å². The molecule has 0 heterocycles. The SMILES string of the molecule is Nc1ccc(/N=N/c2ccc(NS(=O)(=O)c3ccc(/N=N/c4cc(S(=O)(=O)O)c5cc(SOOO)c(/N=N/c6ccc(S(=O)(=O)CCOSOOO)cc6)c(O)c5c4N)cc3)cc2)c(N)c1. The van der Waals surface area contributed by atoms with Crippen molar-refractivity contribution in [3.8, 4) is 5.75 Å². The number of hydrogen-bond acceptors (Lipinski definition) is 25. The minimum atomic E-state index is -5.09. The first-order valence-electron chi connectivity index (χ1n) is 17.9. The Morgan fingerprint density at radius 2 is 1.23 bits per heavy atom. The van der Waals surface area contributed by atoms with Crippen LogP contribution in [0.5, 0.6) is 5.75 Å². The number of anilines is 4. The van der Waals surface area contributed by atoms with Crippen molar-refractivity contribution in [2.75, 3.05) is 34.3 Å². The number of nitrogen functional groups attached to an aromatic ring is 3. The Bertz CT molecular complexity index is 3170. The maximum atomic E-state index is 13.2. The lowest BCUT2D eigenvalue weighted by Crippen LogP contribution is -2.12. The first-order valence-corrected chi connectivity index (χ1v) is 23.9. The molecule has 0 aliphatic heterocycles. The third-order valence-electron chi connectivity index (χ3n) is 8.62. The summed E-state index contributed by atoms with van der Waals surface area (Å²) < 4.78 is 103. The number of nitrogens with two attached hydrogens (primary N) is 3. The molecule has 6 aromatic carbocycles. The van der Waals surface area contributed by atoms with Crippen LogP contribution in [0, 0.1) is 0 Å². The maximum Gasteiger partial charge on any atom is 0.295 e. The van der Waals surface area contributed by atoms with Gasteiger partial charge in [-0.15, -0.1) is 24.0 Å². The number of phenolic OH excluding ortho intramolecular Hbond substituents is 1. The first-order chi connectivity index (χ1) is 31.4. The number of aromatic hydroxyl groups is 1. The highest BCUT2D eigenvalue weighted by Gasteiger charge is 2.26. The van der Waals surface area contributed by atoms with Crippen LogP contribution in [0.4, 0.5) is 56.9 Å². The van der Waals surface area contributed by atoms with E-state index in [4.69, 9.17) is 31.9 Å². The van der Waals surface area contributed by atoms with Crippen molar-refractivity contribution in [1.82, 2.24) is 0 Å². The van der Waals surface area contributed by atoms with Crippen LogP contribution in [0.3, 0.4) is 0 Å². The molecule has 66 heavy (non-hydrogen) atoms. The quantitative estimate of drug-likeness (QED) is 0.00673. The van der Waals surface area contributed by atoms with Crippen molar-refractivity contribution in [2.24, 2.45) is 30.7 Å². The van der Waals surface area contributed by atoms with Crippen LogP contribution in [0.2, 0.25) is 0 Å². The summed E-state index contributed by atoms with van der Waals surface area (Å²) in [6, 6.07) is 22.7. The largest absolute Gasteiger partial charge is 0.505 e. The number of rotatable bonds is 20. The summed E-state index contributed by atoms with van der Waals surface area (Å²) in [6.45, 7) is -0.332. The molecular weight excluding hydrogens is 973 g/mol. The number of hydrogen-bond donors (Lipinski definition) is 8. The third kappa shape index (κ3) is 12.3. The number of fused-ring (bicyclic) bond motifs is 1. The summed E-state index contributed by atoms with van der Waals surface area (Å²) >= 11 is 0.450. The lowest BCUT2D eigenvalue weighted by Gasteiger charge is -2.14. The van der Waals surface area contributed by atoms with Gasteiger partial charge in [0, 0.05) is 16.8 Å². The van der Waals surface area contributed by atoms with E-state index in [0.29, 0.717) is 22.7 Å². The second kappa shape index (κ2) is 21.3. The number of sulfone groups is 1. The molecule has 346 valence electrons. The van der Waals surface area contributed by atoms with Gasteiger partial charge in [0.25, 0.3) is 20.1 Å². The number of nitrogens with zero attached hydrogens (tertiary/aromatic N) is 6. The third-order valence-corrected chi connectivity index (χ3v) is 13.6. The normalized spacial score (nSPS) is 12.5. The van der Waals surface area contributed by atoms with Crippen molar-refractivity contribution in [2.45, 2.75) is 19.6 Å². The van der Waals surface area contributed by atoms with Gasteiger partial charge >= 0.3 is 0 Å². The van der Waals surface area contributed by atoms with Crippen LogP contribution in [0.25, 0.3) is 10.8 Å². The van der Waals surface area contributed by atoms with Gasteiger partial charge in [-0.1, -0.05) is 10.1 Å². The smallest absolute Gasteiger partial charge is 0.295 e. The summed E-state index contributed by atoms with van der Waals surface area (Å²) in [4.78, 5) is -1.33. The number of azo groups is 3. The van der Waals surface area contributed by atoms with E-state index in [1.807, 2.05) is 0 Å². The molecule has 0 unspecified atom stereocenters. The molecule has 0 atom stereocenters. The van der Waals surface area contributed by atoms with Gasteiger partial charge in [-0.05, 0) is 103 Å². The van der Waals surface area contributed by atoms with Crippen LogP contribution in [-0.4, -0.2) is 57.8 Å². The molecule has 6 rings (SSSR count). The number of nitrogens with one attached hydrogen (secondary N) is 1. The fraction of sp³-hybridized carbons (Fsp3) is 0.0556. The number of phenols is 1. The van der Waals surface area contributed by atoms with E-state index in [-0.39, 0.29) is 79.5 Å². The summed E-state index contributed by atoms with van der Waals surface area (Å²) in [5, 5.41) is 58.9. The van der Waals surface area contributed by atoms with Crippen molar-refractivity contribution in [1.29, 1.82) is 0 Å². The molecule has 11 N–H and O–H groups in total. The highest BCUT2D eigenvalue weighted by molar-refractivity contribution is 7.94. The Morgan fingerprint density at radius 3 is 1.82 bits per heavy atom. The molecule has 0 saturated carbocycles. The monoisotopic (exact) mass is 1000 g/mol. The molecule has 0 bridgehead atoms. The zero-order valence-electron chi connectivity index (χ0n) is 33.0. The van der Waals surface area contributed by atoms with Gasteiger partial charge < -0.3 is 22.3 Å². The topological polar surface area (TPSA) is 394 Å². The minimum Gasteiger partial charge on any atom is -0.505 e. The van der Waals surface area contributed by atoms with Crippen molar-refractivity contribution in [3.63, 3.8) is 0 Å².